The fraction of sp³-hybridized carbons (Fsp3) is 0.250. The molecule has 6 heteroatoms. The number of rotatable bonds is 0. The third kappa shape index (κ3) is 1.74. The van der Waals surface area contributed by atoms with E-state index in [2.05, 4.69) is 20.9 Å². The van der Waals surface area contributed by atoms with Gasteiger partial charge in [-0.25, -0.2) is 4.98 Å². The first-order valence-corrected chi connectivity index (χ1v) is 6.88. The van der Waals surface area contributed by atoms with Crippen LogP contribution in [0.2, 0.25) is 10.0 Å². The summed E-state index contributed by atoms with van der Waals surface area (Å²) in [7, 11) is 0. The summed E-state index contributed by atoms with van der Waals surface area (Å²) in [6, 6.07) is 4.85. The van der Waals surface area contributed by atoms with Crippen LogP contribution in [0.25, 0.3) is 10.9 Å². The second-order valence-corrected chi connectivity index (χ2v) is 6.15. The molecule has 0 aliphatic heterocycles. The maximum atomic E-state index is 13.8. The molecule has 18 heavy (non-hydrogen) atoms. The van der Waals surface area contributed by atoms with E-state index >= 15 is 0 Å². The number of alkyl halides is 3. The van der Waals surface area contributed by atoms with Crippen LogP contribution in [0.5, 0.6) is 0 Å². The smallest absolute Gasteiger partial charge is 0.246 e. The Labute approximate surface area is 120 Å². The molecule has 0 N–H and O–H groups in total. The van der Waals surface area contributed by atoms with E-state index in [1.54, 1.807) is 18.2 Å². The topological polar surface area (TPSA) is 12.9 Å². The summed E-state index contributed by atoms with van der Waals surface area (Å²) in [5.74, 6) is -2.94. The lowest BCUT2D eigenvalue weighted by atomic mass is 10.1. The minimum Gasteiger partial charge on any atom is -0.246 e. The van der Waals surface area contributed by atoms with Crippen molar-refractivity contribution in [1.82, 2.24) is 4.98 Å². The summed E-state index contributed by atoms with van der Waals surface area (Å²) >= 11 is 15.3. The Kier molecular flexibility index (Phi) is 2.81. The van der Waals surface area contributed by atoms with Gasteiger partial charge >= 0.3 is 0 Å². The Hall–Kier alpha value is -0.450. The van der Waals surface area contributed by atoms with Crippen LogP contribution in [-0.2, 0) is 5.92 Å². The van der Waals surface area contributed by atoms with Crippen LogP contribution in [0.15, 0.2) is 18.2 Å². The highest BCUT2D eigenvalue weighted by molar-refractivity contribution is 9.09. The van der Waals surface area contributed by atoms with Gasteiger partial charge in [-0.05, 0) is 18.2 Å². The molecule has 0 radical (unpaired) electrons. The molecule has 0 fully saturated rings. The van der Waals surface area contributed by atoms with Crippen LogP contribution in [0.3, 0.4) is 0 Å². The van der Waals surface area contributed by atoms with Crippen molar-refractivity contribution in [3.05, 3.63) is 39.5 Å². The molecule has 1 aliphatic carbocycles. The lowest BCUT2D eigenvalue weighted by Gasteiger charge is -2.11. The average Bonchev–Trinajstić information content (AvgIpc) is 2.51. The molecular formula is C12H6BrCl2F2N. The van der Waals surface area contributed by atoms with E-state index < -0.39 is 10.7 Å². The van der Waals surface area contributed by atoms with Crippen molar-refractivity contribution in [1.29, 1.82) is 0 Å². The van der Waals surface area contributed by atoms with Gasteiger partial charge in [0.25, 0.3) is 5.92 Å². The van der Waals surface area contributed by atoms with Gasteiger partial charge in [0.2, 0.25) is 0 Å². The van der Waals surface area contributed by atoms with Crippen molar-refractivity contribution >= 4 is 50.0 Å². The summed E-state index contributed by atoms with van der Waals surface area (Å²) in [5.41, 5.74) is 0.574. The van der Waals surface area contributed by atoms with Gasteiger partial charge in [0.05, 0.1) is 10.5 Å². The van der Waals surface area contributed by atoms with Crippen molar-refractivity contribution < 1.29 is 8.78 Å². The maximum Gasteiger partial charge on any atom is 0.291 e. The van der Waals surface area contributed by atoms with Crippen LogP contribution in [0, 0.1) is 0 Å². The predicted molar refractivity (Wildman–Crippen MR) is 71.9 cm³/mol. The summed E-state index contributed by atoms with van der Waals surface area (Å²) < 4.78 is 27.6. The van der Waals surface area contributed by atoms with E-state index in [4.69, 9.17) is 23.2 Å². The molecule has 0 bridgehead atoms. The van der Waals surface area contributed by atoms with Crippen LogP contribution in [0.1, 0.15) is 22.5 Å². The van der Waals surface area contributed by atoms with Gasteiger partial charge in [-0.3, -0.25) is 0 Å². The van der Waals surface area contributed by atoms with Gasteiger partial charge in [0, 0.05) is 27.2 Å². The van der Waals surface area contributed by atoms with Gasteiger partial charge in [0.1, 0.15) is 5.69 Å². The van der Waals surface area contributed by atoms with Crippen molar-refractivity contribution in [3.8, 4) is 0 Å². The maximum absolute atomic E-state index is 13.8. The summed E-state index contributed by atoms with van der Waals surface area (Å²) in [5, 5.41) is 1.41. The highest BCUT2D eigenvalue weighted by atomic mass is 79.9. The van der Waals surface area contributed by atoms with Gasteiger partial charge in [-0.1, -0.05) is 39.1 Å². The van der Waals surface area contributed by atoms with Crippen LogP contribution in [0.4, 0.5) is 8.78 Å². The summed E-state index contributed by atoms with van der Waals surface area (Å²) in [6.45, 7) is 0. The third-order valence-electron chi connectivity index (χ3n) is 3.01. The average molecular weight is 353 g/mol. The number of nitrogens with zero attached hydrogens (tertiary/aromatic N) is 1. The van der Waals surface area contributed by atoms with Crippen LogP contribution in [-0.4, -0.2) is 4.98 Å². The Morgan fingerprint density at radius 3 is 2.78 bits per heavy atom. The third-order valence-corrected chi connectivity index (χ3v) is 4.44. The fourth-order valence-corrected chi connectivity index (χ4v) is 3.73. The first-order chi connectivity index (χ1) is 8.40. The molecule has 0 saturated carbocycles. The number of aromatic nitrogens is 1. The molecule has 1 aromatic heterocycles. The van der Waals surface area contributed by atoms with Crippen molar-refractivity contribution in [3.63, 3.8) is 0 Å². The van der Waals surface area contributed by atoms with E-state index in [-0.39, 0.29) is 12.1 Å². The van der Waals surface area contributed by atoms with Crippen LogP contribution < -0.4 is 0 Å². The van der Waals surface area contributed by atoms with Gasteiger partial charge in [0.15, 0.2) is 0 Å². The Morgan fingerprint density at radius 1 is 1.33 bits per heavy atom. The SMILES string of the molecule is FC1(F)CC(Br)c2c1nc1ccc(Cl)cc1c2Cl. The Bertz CT molecular complexity index is 660. The van der Waals surface area contributed by atoms with E-state index in [0.717, 1.165) is 0 Å². The largest absolute Gasteiger partial charge is 0.291 e. The van der Waals surface area contributed by atoms with E-state index in [1.807, 2.05) is 0 Å². The minimum atomic E-state index is -2.94. The molecule has 1 aliphatic rings. The molecule has 0 spiro atoms. The van der Waals surface area contributed by atoms with Crippen molar-refractivity contribution in [2.75, 3.05) is 0 Å². The first-order valence-electron chi connectivity index (χ1n) is 5.21. The number of fused-ring (bicyclic) bond motifs is 2. The quantitative estimate of drug-likeness (QED) is 0.572. The van der Waals surface area contributed by atoms with E-state index in [0.29, 0.717) is 26.5 Å². The van der Waals surface area contributed by atoms with Gasteiger partial charge < -0.3 is 0 Å². The standard InChI is InChI=1S/C12H6BrCl2F2N/c13-7-4-12(16,17)11-9(7)10(15)6-3-5(14)1-2-8(6)18-11/h1-3,7H,4H2. The Balaban J connectivity index is 2.41. The van der Waals surface area contributed by atoms with Gasteiger partial charge in [-0.15, -0.1) is 0 Å². The normalized spacial score (nSPS) is 21.3. The highest BCUT2D eigenvalue weighted by Gasteiger charge is 2.47. The second-order valence-electron chi connectivity index (χ2n) is 4.23. The molecule has 0 saturated heterocycles. The molecule has 1 aromatic carbocycles. The minimum absolute atomic E-state index is 0.232. The Morgan fingerprint density at radius 2 is 2.06 bits per heavy atom. The molecule has 1 nitrogen and oxygen atoms in total. The molecule has 1 heterocycles. The molecular weight excluding hydrogens is 347 g/mol. The number of benzene rings is 1. The molecule has 0 amide bonds. The monoisotopic (exact) mass is 351 g/mol. The van der Waals surface area contributed by atoms with Crippen LogP contribution >= 0.6 is 39.1 Å². The second kappa shape index (κ2) is 4.02. The summed E-state index contributed by atoms with van der Waals surface area (Å²) in [6.07, 6.45) is -0.320. The molecule has 2 aromatic rings. The molecule has 3 rings (SSSR count). The first kappa shape index (κ1) is 12.6. The zero-order valence-electron chi connectivity index (χ0n) is 8.85. The lowest BCUT2D eigenvalue weighted by molar-refractivity contribution is -0.00584. The zero-order chi connectivity index (χ0) is 13.1. The fourth-order valence-electron chi connectivity index (χ4n) is 2.20. The van der Waals surface area contributed by atoms with E-state index in [1.165, 1.54) is 0 Å². The number of hydrogen-bond acceptors (Lipinski definition) is 1. The van der Waals surface area contributed by atoms with Crippen molar-refractivity contribution in [2.24, 2.45) is 0 Å². The molecule has 1 unspecified atom stereocenters. The number of hydrogen-bond donors (Lipinski definition) is 0. The summed E-state index contributed by atoms with van der Waals surface area (Å²) in [4.78, 5) is 3.56. The van der Waals surface area contributed by atoms with Crippen molar-refractivity contribution in [2.45, 2.75) is 17.2 Å². The predicted octanol–water partition coefficient (Wildman–Crippen LogP) is 5.47. The molecule has 94 valence electrons. The van der Waals surface area contributed by atoms with Gasteiger partial charge in [-0.2, -0.15) is 8.78 Å². The zero-order valence-corrected chi connectivity index (χ0v) is 12.0. The molecule has 1 atom stereocenters. The van der Waals surface area contributed by atoms with E-state index in [9.17, 15) is 8.78 Å². The highest BCUT2D eigenvalue weighted by Crippen LogP contribution is 2.53. The number of pyridine rings is 1. The lowest BCUT2D eigenvalue weighted by Crippen LogP contribution is -2.10. The number of halogens is 5.